The molecule has 2 atom stereocenters. The van der Waals surface area contributed by atoms with E-state index < -0.39 is 12.1 Å². The molecule has 1 saturated carbocycles. The third-order valence-corrected chi connectivity index (χ3v) is 3.62. The van der Waals surface area contributed by atoms with Crippen LogP contribution in [0.5, 0.6) is 0 Å². The second kappa shape index (κ2) is 4.90. The van der Waals surface area contributed by atoms with Crippen LogP contribution in [0.3, 0.4) is 0 Å². The first-order valence-electron chi connectivity index (χ1n) is 6.50. The quantitative estimate of drug-likeness (QED) is 0.771. The van der Waals surface area contributed by atoms with Crippen molar-refractivity contribution < 1.29 is 19.2 Å². The van der Waals surface area contributed by atoms with Gasteiger partial charge < -0.3 is 14.4 Å². The Morgan fingerprint density at radius 1 is 1.58 bits per heavy atom. The zero-order valence-corrected chi connectivity index (χ0v) is 10.8. The van der Waals surface area contributed by atoms with Crippen LogP contribution in [0.25, 0.3) is 0 Å². The number of likely N-dealkylation sites (tertiary alicyclic amines) is 1. The van der Waals surface area contributed by atoms with Gasteiger partial charge in [0, 0.05) is 18.9 Å². The van der Waals surface area contributed by atoms with Crippen LogP contribution in [-0.4, -0.2) is 51.9 Å². The molecule has 7 nitrogen and oxygen atoms in total. The van der Waals surface area contributed by atoms with Crippen LogP contribution in [0.15, 0.2) is 4.52 Å². The van der Waals surface area contributed by atoms with Crippen molar-refractivity contribution in [3.8, 4) is 0 Å². The molecule has 0 bridgehead atoms. The van der Waals surface area contributed by atoms with Crippen LogP contribution >= 0.6 is 0 Å². The second-order valence-corrected chi connectivity index (χ2v) is 5.18. The Kier molecular flexibility index (Phi) is 3.24. The molecular weight excluding hydrogens is 250 g/mol. The third kappa shape index (κ3) is 2.62. The fourth-order valence-corrected chi connectivity index (χ4v) is 2.45. The number of carbonyl (C=O) groups is 1. The Morgan fingerprint density at radius 3 is 3.05 bits per heavy atom. The molecular formula is C12H17N3O4. The maximum absolute atomic E-state index is 11.6. The number of β-amino-alcohol motifs (C(OH)–C–C–N with tert-alkyl or cyclic N) is 1. The molecule has 0 radical (unpaired) electrons. The molecule has 2 unspecified atom stereocenters. The molecule has 104 valence electrons. The van der Waals surface area contributed by atoms with Gasteiger partial charge in [-0.2, -0.15) is 4.98 Å². The molecule has 19 heavy (non-hydrogen) atoms. The monoisotopic (exact) mass is 267 g/mol. The van der Waals surface area contributed by atoms with Crippen molar-refractivity contribution in [3.05, 3.63) is 11.7 Å². The largest absolute Gasteiger partial charge is 0.468 e. The lowest BCUT2D eigenvalue weighted by atomic mass is 10.2. The molecule has 1 N–H and O–H groups in total. The molecule has 1 saturated heterocycles. The van der Waals surface area contributed by atoms with Gasteiger partial charge in [0.1, 0.15) is 6.04 Å². The van der Waals surface area contributed by atoms with Crippen LogP contribution in [-0.2, 0) is 16.1 Å². The number of hydrogen-bond donors (Lipinski definition) is 1. The predicted molar refractivity (Wildman–Crippen MR) is 63.1 cm³/mol. The number of methoxy groups -OCH3 is 1. The summed E-state index contributed by atoms with van der Waals surface area (Å²) in [6, 6.07) is -0.434. The van der Waals surface area contributed by atoms with Crippen LogP contribution in [0.4, 0.5) is 0 Å². The number of rotatable bonds is 4. The smallest absolute Gasteiger partial charge is 0.323 e. The minimum Gasteiger partial charge on any atom is -0.468 e. The normalized spacial score (nSPS) is 27.7. The van der Waals surface area contributed by atoms with Crippen LogP contribution in [0, 0.1) is 0 Å². The molecule has 2 fully saturated rings. The lowest BCUT2D eigenvalue weighted by Crippen LogP contribution is -2.36. The fraction of sp³-hybridized carbons (Fsp3) is 0.750. The highest BCUT2D eigenvalue weighted by Crippen LogP contribution is 2.38. The van der Waals surface area contributed by atoms with Crippen LogP contribution in [0.2, 0.25) is 0 Å². The topological polar surface area (TPSA) is 88.7 Å². The molecule has 1 aliphatic carbocycles. The molecule has 2 aliphatic rings. The van der Waals surface area contributed by atoms with E-state index in [1.807, 2.05) is 4.90 Å². The maximum Gasteiger partial charge on any atom is 0.323 e. The third-order valence-electron chi connectivity index (χ3n) is 3.62. The average Bonchev–Trinajstić information content (AvgIpc) is 3.04. The van der Waals surface area contributed by atoms with E-state index in [0.717, 1.165) is 18.7 Å². The van der Waals surface area contributed by atoms with E-state index in [1.54, 1.807) is 0 Å². The number of nitrogens with zero attached hydrogens (tertiary/aromatic N) is 3. The van der Waals surface area contributed by atoms with Crippen molar-refractivity contribution in [3.63, 3.8) is 0 Å². The Balaban J connectivity index is 1.67. The molecule has 7 heteroatoms. The molecule has 3 rings (SSSR count). The molecule has 1 aromatic rings. The lowest BCUT2D eigenvalue weighted by molar-refractivity contribution is -0.146. The first-order chi connectivity index (χ1) is 9.17. The van der Waals surface area contributed by atoms with Gasteiger partial charge in [0.15, 0.2) is 5.82 Å². The maximum atomic E-state index is 11.6. The van der Waals surface area contributed by atoms with Gasteiger partial charge in [-0.1, -0.05) is 5.16 Å². The summed E-state index contributed by atoms with van der Waals surface area (Å²) in [5, 5.41) is 13.6. The average molecular weight is 267 g/mol. The summed E-state index contributed by atoms with van der Waals surface area (Å²) in [4.78, 5) is 17.8. The summed E-state index contributed by atoms with van der Waals surface area (Å²) in [5.41, 5.74) is 0. The summed E-state index contributed by atoms with van der Waals surface area (Å²) in [6.07, 6.45) is 2.10. The van der Waals surface area contributed by atoms with Gasteiger partial charge in [-0.05, 0) is 12.8 Å². The molecule has 0 spiro atoms. The molecule has 2 heterocycles. The van der Waals surface area contributed by atoms with Crippen molar-refractivity contribution in [2.45, 2.75) is 43.9 Å². The van der Waals surface area contributed by atoms with Gasteiger partial charge in [-0.25, -0.2) is 0 Å². The van der Waals surface area contributed by atoms with Crippen molar-refractivity contribution >= 4 is 5.97 Å². The summed E-state index contributed by atoms with van der Waals surface area (Å²) in [5.74, 6) is 1.35. The highest BCUT2D eigenvalue weighted by molar-refractivity contribution is 5.76. The van der Waals surface area contributed by atoms with Crippen LogP contribution in [0.1, 0.15) is 36.9 Å². The van der Waals surface area contributed by atoms with Gasteiger partial charge >= 0.3 is 5.97 Å². The molecule has 0 aromatic carbocycles. The summed E-state index contributed by atoms with van der Waals surface area (Å²) in [6.45, 7) is 0.789. The molecule has 1 aliphatic heterocycles. The highest BCUT2D eigenvalue weighted by atomic mass is 16.5. The Hall–Kier alpha value is -1.47. The summed E-state index contributed by atoms with van der Waals surface area (Å²) < 4.78 is 9.93. The highest BCUT2D eigenvalue weighted by Gasteiger charge is 2.38. The Bertz CT molecular complexity index is 471. The SMILES string of the molecule is COC(=O)C1CC(O)CN1Cc1nc(C2CC2)no1. The van der Waals surface area contributed by atoms with Crippen molar-refractivity contribution in [2.24, 2.45) is 0 Å². The van der Waals surface area contributed by atoms with E-state index in [-0.39, 0.29) is 5.97 Å². The standard InChI is InChI=1S/C12H17N3O4/c1-18-12(17)9-4-8(16)5-15(9)6-10-13-11(14-19-10)7-2-3-7/h7-9,16H,2-6H2,1H3. The van der Waals surface area contributed by atoms with Crippen molar-refractivity contribution in [1.82, 2.24) is 15.0 Å². The number of ether oxygens (including phenoxy) is 1. The number of aliphatic hydroxyl groups excluding tert-OH is 1. The van der Waals surface area contributed by atoms with Gasteiger partial charge in [0.05, 0.1) is 19.8 Å². The van der Waals surface area contributed by atoms with E-state index in [9.17, 15) is 9.90 Å². The minimum atomic E-state index is -0.519. The van der Waals surface area contributed by atoms with Crippen LogP contribution < -0.4 is 0 Å². The van der Waals surface area contributed by atoms with Crippen molar-refractivity contribution in [1.29, 1.82) is 0 Å². The number of hydrogen-bond acceptors (Lipinski definition) is 7. The number of carbonyl (C=O) groups excluding carboxylic acids is 1. The van der Waals surface area contributed by atoms with Gasteiger partial charge in [-0.3, -0.25) is 9.69 Å². The van der Waals surface area contributed by atoms with E-state index >= 15 is 0 Å². The first-order valence-corrected chi connectivity index (χ1v) is 6.50. The van der Waals surface area contributed by atoms with E-state index in [2.05, 4.69) is 10.1 Å². The predicted octanol–water partition coefficient (Wildman–Crippen LogP) is 0.0552. The number of aromatic nitrogens is 2. The fourth-order valence-electron chi connectivity index (χ4n) is 2.45. The van der Waals surface area contributed by atoms with Gasteiger partial charge in [0.25, 0.3) is 0 Å². The zero-order chi connectivity index (χ0) is 13.4. The van der Waals surface area contributed by atoms with E-state index in [0.29, 0.717) is 31.3 Å². The first kappa shape index (κ1) is 12.6. The molecule has 1 aromatic heterocycles. The summed E-state index contributed by atoms with van der Waals surface area (Å²) >= 11 is 0. The van der Waals surface area contributed by atoms with Crippen molar-refractivity contribution in [2.75, 3.05) is 13.7 Å². The van der Waals surface area contributed by atoms with E-state index in [4.69, 9.17) is 9.26 Å². The number of aliphatic hydroxyl groups is 1. The Labute approximate surface area is 110 Å². The lowest BCUT2D eigenvalue weighted by Gasteiger charge is -2.19. The second-order valence-electron chi connectivity index (χ2n) is 5.18. The van der Waals surface area contributed by atoms with Gasteiger partial charge in [-0.15, -0.1) is 0 Å². The van der Waals surface area contributed by atoms with E-state index in [1.165, 1.54) is 7.11 Å². The summed E-state index contributed by atoms with van der Waals surface area (Å²) in [7, 11) is 1.35. The minimum absolute atomic E-state index is 0.335. The van der Waals surface area contributed by atoms with Gasteiger partial charge in [0.2, 0.25) is 5.89 Å². The zero-order valence-electron chi connectivity index (χ0n) is 10.8. The Morgan fingerprint density at radius 2 is 2.37 bits per heavy atom. The number of esters is 1. The molecule has 0 amide bonds.